The quantitative estimate of drug-likeness (QED) is 0.486. The fourth-order valence-electron chi connectivity index (χ4n) is 1.47. The third-order valence-corrected chi connectivity index (χ3v) is 3.04. The molecule has 1 aliphatic heterocycles. The molecule has 1 aliphatic rings. The van der Waals surface area contributed by atoms with Gasteiger partial charge in [0, 0.05) is 6.20 Å². The zero-order chi connectivity index (χ0) is 13.9. The predicted octanol–water partition coefficient (Wildman–Crippen LogP) is 0.752. The van der Waals surface area contributed by atoms with Crippen LogP contribution in [0.2, 0.25) is 0 Å². The van der Waals surface area contributed by atoms with Gasteiger partial charge in [0.2, 0.25) is 5.12 Å². The number of alkyl halides is 1. The highest BCUT2D eigenvalue weighted by Gasteiger charge is 2.24. The largest absolute Gasteiger partial charge is 0.353 e. The molecular weight excluding hydrogens is 290 g/mol. The van der Waals surface area contributed by atoms with E-state index in [1.165, 1.54) is 6.34 Å². The van der Waals surface area contributed by atoms with Gasteiger partial charge in [-0.15, -0.1) is 0 Å². The highest BCUT2D eigenvalue weighted by molar-refractivity contribution is 7.90. The molecule has 19 heavy (non-hydrogen) atoms. The van der Waals surface area contributed by atoms with Gasteiger partial charge >= 0.3 is 0 Å². The topological polar surface area (TPSA) is 109 Å². The molecular formula is C10H12ClN5O2S. The summed E-state index contributed by atoms with van der Waals surface area (Å²) in [5.41, 5.74) is 0.738. The van der Waals surface area contributed by atoms with E-state index < -0.39 is 15.3 Å². The van der Waals surface area contributed by atoms with Gasteiger partial charge in [0.05, 0.1) is 17.7 Å². The number of nitrogens with zero attached hydrogens (tertiary/aromatic N) is 1. The van der Waals surface area contributed by atoms with Crippen LogP contribution < -0.4 is 20.5 Å². The molecule has 0 radical (unpaired) electrons. The molecule has 102 valence electrons. The van der Waals surface area contributed by atoms with Crippen molar-refractivity contribution in [2.24, 2.45) is 10.1 Å². The van der Waals surface area contributed by atoms with Crippen LogP contribution in [0.25, 0.3) is 0 Å². The maximum atomic E-state index is 11.1. The van der Waals surface area contributed by atoms with Crippen molar-refractivity contribution >= 4 is 39.5 Å². The summed E-state index contributed by atoms with van der Waals surface area (Å²) in [6, 6.07) is 6.61. The Hall–Kier alpha value is -1.77. The molecule has 0 bridgehead atoms. The Kier molecular flexibility index (Phi) is 3.65. The van der Waals surface area contributed by atoms with Gasteiger partial charge in [0.15, 0.2) is 0 Å². The van der Waals surface area contributed by atoms with Crippen molar-refractivity contribution < 1.29 is 8.42 Å². The number of benzene rings is 1. The third kappa shape index (κ3) is 3.85. The van der Waals surface area contributed by atoms with E-state index in [1.54, 1.807) is 36.5 Å². The highest BCUT2D eigenvalue weighted by Crippen LogP contribution is 2.29. The summed E-state index contributed by atoms with van der Waals surface area (Å²) in [5.74, 6) is 0. The highest BCUT2D eigenvalue weighted by atomic mass is 35.5. The van der Waals surface area contributed by atoms with E-state index in [2.05, 4.69) is 20.3 Å². The minimum Gasteiger partial charge on any atom is -0.353 e. The molecule has 2 rings (SSSR count). The van der Waals surface area contributed by atoms with Gasteiger partial charge in [-0.1, -0.05) is 23.7 Å². The molecule has 0 saturated carbocycles. The number of aliphatic imine (C=N–C) groups is 1. The van der Waals surface area contributed by atoms with Gasteiger partial charge in [0.25, 0.3) is 10.2 Å². The van der Waals surface area contributed by atoms with E-state index in [4.69, 9.17) is 16.7 Å². The minimum atomic E-state index is -3.86. The Morgan fingerprint density at radius 1 is 1.32 bits per heavy atom. The van der Waals surface area contributed by atoms with Crippen molar-refractivity contribution in [3.63, 3.8) is 0 Å². The normalized spacial score (nSPS) is 21.8. The smallest absolute Gasteiger partial charge is 0.296 e. The fraction of sp³-hybridized carbons (Fsp3) is 0.100. The van der Waals surface area contributed by atoms with Crippen molar-refractivity contribution in [1.29, 1.82) is 0 Å². The Bertz CT molecular complexity index is 617. The average molecular weight is 302 g/mol. The Balaban J connectivity index is 2.28. The first-order valence-corrected chi connectivity index (χ1v) is 7.14. The summed E-state index contributed by atoms with van der Waals surface area (Å²) in [6.07, 6.45) is 4.63. The van der Waals surface area contributed by atoms with E-state index in [0.717, 1.165) is 0 Å². The molecule has 1 atom stereocenters. The van der Waals surface area contributed by atoms with Gasteiger partial charge in [-0.3, -0.25) is 4.72 Å². The molecule has 1 heterocycles. The summed E-state index contributed by atoms with van der Waals surface area (Å²) in [5, 5.41) is 9.43. The Labute approximate surface area is 115 Å². The lowest BCUT2D eigenvalue weighted by Crippen LogP contribution is -2.32. The summed E-state index contributed by atoms with van der Waals surface area (Å²) < 4.78 is 24.3. The summed E-state index contributed by atoms with van der Waals surface area (Å²) in [4.78, 5) is 4.02. The van der Waals surface area contributed by atoms with Crippen molar-refractivity contribution in [2.45, 2.75) is 5.12 Å². The van der Waals surface area contributed by atoms with Crippen LogP contribution in [0.5, 0.6) is 0 Å². The van der Waals surface area contributed by atoms with Gasteiger partial charge in [-0.05, 0) is 18.2 Å². The summed E-state index contributed by atoms with van der Waals surface area (Å²) >= 11 is 6.21. The standard InChI is InChI=1S/C10H12ClN5O2S/c11-10(5-6-13-7-14-10)15-8-3-1-2-4-9(8)16-19(12,17)18/h1-7,15-16H,(H,13,14)(H2,12,17,18). The second kappa shape index (κ2) is 5.08. The first-order valence-electron chi connectivity index (χ1n) is 5.22. The molecule has 1 unspecified atom stereocenters. The van der Waals surface area contributed by atoms with Crippen LogP contribution >= 0.6 is 11.6 Å². The maximum Gasteiger partial charge on any atom is 0.296 e. The van der Waals surface area contributed by atoms with Gasteiger partial charge in [-0.25, -0.2) is 10.1 Å². The number of hydrogen-bond donors (Lipinski definition) is 4. The first-order chi connectivity index (χ1) is 8.88. The number of hydrogen-bond acceptors (Lipinski definition) is 5. The van der Waals surface area contributed by atoms with Crippen molar-refractivity contribution in [1.82, 2.24) is 5.32 Å². The zero-order valence-corrected chi connectivity index (χ0v) is 11.2. The molecule has 0 fully saturated rings. The number of nitrogens with two attached hydrogens (primary N) is 1. The van der Waals surface area contributed by atoms with Crippen molar-refractivity contribution in [3.8, 4) is 0 Å². The minimum absolute atomic E-state index is 0.284. The lowest BCUT2D eigenvalue weighted by molar-refractivity contribution is 0.603. The van der Waals surface area contributed by atoms with E-state index in [-0.39, 0.29) is 5.69 Å². The zero-order valence-electron chi connectivity index (χ0n) is 9.67. The Morgan fingerprint density at radius 2 is 2.00 bits per heavy atom. The second-order valence-corrected chi connectivity index (χ2v) is 5.62. The SMILES string of the molecule is NS(=O)(=O)Nc1ccccc1NC1(Cl)C=CNC=N1. The number of para-hydroxylation sites is 2. The molecule has 5 N–H and O–H groups in total. The lowest BCUT2D eigenvalue weighted by Gasteiger charge is -2.25. The molecule has 0 amide bonds. The molecule has 0 saturated heterocycles. The van der Waals surface area contributed by atoms with Crippen LogP contribution in [0.15, 0.2) is 41.5 Å². The predicted molar refractivity (Wildman–Crippen MR) is 76.1 cm³/mol. The van der Waals surface area contributed by atoms with Crippen LogP contribution in [-0.2, 0) is 10.2 Å². The van der Waals surface area contributed by atoms with Crippen LogP contribution in [0.4, 0.5) is 11.4 Å². The molecule has 0 spiro atoms. The maximum absolute atomic E-state index is 11.1. The monoisotopic (exact) mass is 301 g/mol. The van der Waals surface area contributed by atoms with E-state index in [1.807, 2.05) is 0 Å². The average Bonchev–Trinajstić information content (AvgIpc) is 2.30. The van der Waals surface area contributed by atoms with Crippen LogP contribution in [0.1, 0.15) is 0 Å². The van der Waals surface area contributed by atoms with Crippen molar-refractivity contribution in [2.75, 3.05) is 10.0 Å². The number of rotatable bonds is 4. The molecule has 1 aromatic carbocycles. The van der Waals surface area contributed by atoms with Gasteiger partial charge in [-0.2, -0.15) is 8.42 Å². The van der Waals surface area contributed by atoms with Crippen LogP contribution in [0.3, 0.4) is 0 Å². The van der Waals surface area contributed by atoms with Gasteiger partial charge in [0.1, 0.15) is 0 Å². The van der Waals surface area contributed by atoms with E-state index in [9.17, 15) is 8.42 Å². The number of nitrogens with one attached hydrogen (secondary N) is 3. The van der Waals surface area contributed by atoms with E-state index in [0.29, 0.717) is 5.69 Å². The Morgan fingerprint density at radius 3 is 2.58 bits per heavy atom. The van der Waals surface area contributed by atoms with E-state index >= 15 is 0 Å². The summed E-state index contributed by atoms with van der Waals surface area (Å²) in [6.45, 7) is 0. The lowest BCUT2D eigenvalue weighted by atomic mass is 10.2. The molecule has 0 aromatic heterocycles. The summed E-state index contributed by atoms with van der Waals surface area (Å²) in [7, 11) is -3.86. The van der Waals surface area contributed by atoms with Crippen molar-refractivity contribution in [3.05, 3.63) is 36.5 Å². The molecule has 1 aromatic rings. The van der Waals surface area contributed by atoms with Crippen LogP contribution in [-0.4, -0.2) is 19.9 Å². The van der Waals surface area contributed by atoms with Gasteiger partial charge < -0.3 is 10.6 Å². The fourth-order valence-corrected chi connectivity index (χ4v) is 2.17. The number of anilines is 2. The molecule has 7 nitrogen and oxygen atoms in total. The molecule has 0 aliphatic carbocycles. The first kappa shape index (κ1) is 13.7. The van der Waals surface area contributed by atoms with Crippen LogP contribution in [0, 0.1) is 0 Å². The molecule has 9 heteroatoms. The second-order valence-electron chi connectivity index (χ2n) is 3.75. The third-order valence-electron chi connectivity index (χ3n) is 2.22. The number of halogens is 1.